The van der Waals surface area contributed by atoms with Gasteiger partial charge in [-0.25, -0.2) is 9.78 Å². The summed E-state index contributed by atoms with van der Waals surface area (Å²) in [7, 11) is 3.39. The minimum atomic E-state index is -0.513. The fourth-order valence-electron chi connectivity index (χ4n) is 1.99. The maximum atomic E-state index is 12.3. The van der Waals surface area contributed by atoms with Crippen molar-refractivity contribution in [2.45, 2.75) is 46.6 Å². The van der Waals surface area contributed by atoms with E-state index in [1.807, 2.05) is 20.8 Å². The number of rotatable bonds is 5. The molecule has 23 heavy (non-hydrogen) atoms. The predicted molar refractivity (Wildman–Crippen MR) is 86.4 cm³/mol. The van der Waals surface area contributed by atoms with Gasteiger partial charge in [-0.1, -0.05) is 0 Å². The standard InChI is InChI=1S/C16H27N3O4/c1-11-13(17-12(2)22-11)14(20)18(6)9-8-10-19(7)15(21)23-16(3,4)5/h8-10H2,1-7H3. The van der Waals surface area contributed by atoms with Crippen LogP contribution in [0.3, 0.4) is 0 Å². The smallest absolute Gasteiger partial charge is 0.410 e. The lowest BCUT2D eigenvalue weighted by Gasteiger charge is -2.25. The van der Waals surface area contributed by atoms with Gasteiger partial charge in [-0.3, -0.25) is 4.79 Å². The van der Waals surface area contributed by atoms with Gasteiger partial charge in [0.25, 0.3) is 5.91 Å². The Balaban J connectivity index is 2.44. The molecule has 0 bridgehead atoms. The second-order valence-electron chi connectivity index (χ2n) is 6.62. The number of carbonyl (C=O) groups excluding carboxylic acids is 2. The van der Waals surface area contributed by atoms with Crippen LogP contribution in [0.1, 0.15) is 49.3 Å². The Hall–Kier alpha value is -2.05. The molecular formula is C16H27N3O4. The van der Waals surface area contributed by atoms with Crippen molar-refractivity contribution in [1.29, 1.82) is 0 Å². The normalized spacial score (nSPS) is 11.3. The van der Waals surface area contributed by atoms with Gasteiger partial charge in [-0.2, -0.15) is 0 Å². The zero-order valence-corrected chi connectivity index (χ0v) is 15.1. The summed E-state index contributed by atoms with van der Waals surface area (Å²) >= 11 is 0. The van der Waals surface area contributed by atoms with E-state index in [0.717, 1.165) is 0 Å². The lowest BCUT2D eigenvalue weighted by atomic mass is 10.2. The van der Waals surface area contributed by atoms with E-state index in [4.69, 9.17) is 9.15 Å². The number of oxazole rings is 1. The number of hydrogen-bond acceptors (Lipinski definition) is 5. The van der Waals surface area contributed by atoms with Crippen molar-refractivity contribution >= 4 is 12.0 Å². The Morgan fingerprint density at radius 3 is 2.17 bits per heavy atom. The molecule has 0 radical (unpaired) electrons. The lowest BCUT2D eigenvalue weighted by Crippen LogP contribution is -2.36. The van der Waals surface area contributed by atoms with E-state index in [0.29, 0.717) is 36.9 Å². The number of carbonyl (C=O) groups is 2. The van der Waals surface area contributed by atoms with E-state index < -0.39 is 5.60 Å². The van der Waals surface area contributed by atoms with Gasteiger partial charge in [-0.05, 0) is 34.1 Å². The van der Waals surface area contributed by atoms with Crippen LogP contribution < -0.4 is 0 Å². The second-order valence-corrected chi connectivity index (χ2v) is 6.62. The Morgan fingerprint density at radius 2 is 1.70 bits per heavy atom. The van der Waals surface area contributed by atoms with E-state index in [2.05, 4.69) is 4.98 Å². The molecule has 1 aromatic rings. The number of ether oxygens (including phenoxy) is 1. The first kappa shape index (κ1) is 19.0. The van der Waals surface area contributed by atoms with Crippen molar-refractivity contribution in [1.82, 2.24) is 14.8 Å². The SMILES string of the molecule is Cc1nc(C(=O)N(C)CCCN(C)C(=O)OC(C)(C)C)c(C)o1. The van der Waals surface area contributed by atoms with Crippen LogP contribution in [0, 0.1) is 13.8 Å². The van der Waals surface area contributed by atoms with Crippen LogP contribution in [0.2, 0.25) is 0 Å². The molecule has 0 saturated heterocycles. The zero-order chi connectivity index (χ0) is 17.8. The second kappa shape index (κ2) is 7.48. The molecule has 7 nitrogen and oxygen atoms in total. The molecule has 0 atom stereocenters. The van der Waals surface area contributed by atoms with Crippen molar-refractivity contribution in [2.75, 3.05) is 27.2 Å². The van der Waals surface area contributed by atoms with E-state index in [-0.39, 0.29) is 12.0 Å². The molecule has 0 N–H and O–H groups in total. The predicted octanol–water partition coefficient (Wildman–Crippen LogP) is 2.62. The maximum absolute atomic E-state index is 12.3. The quantitative estimate of drug-likeness (QED) is 0.832. The monoisotopic (exact) mass is 325 g/mol. The van der Waals surface area contributed by atoms with Crippen LogP contribution in [0.4, 0.5) is 4.79 Å². The van der Waals surface area contributed by atoms with Crippen molar-refractivity contribution in [3.63, 3.8) is 0 Å². The number of amides is 2. The van der Waals surface area contributed by atoms with Crippen LogP contribution >= 0.6 is 0 Å². The molecule has 0 saturated carbocycles. The third kappa shape index (κ3) is 5.92. The molecule has 1 heterocycles. The molecule has 0 aliphatic rings. The minimum absolute atomic E-state index is 0.181. The molecule has 0 aliphatic heterocycles. The molecule has 1 aromatic heterocycles. The largest absolute Gasteiger partial charge is 0.445 e. The van der Waals surface area contributed by atoms with Gasteiger partial charge >= 0.3 is 6.09 Å². The van der Waals surface area contributed by atoms with Crippen molar-refractivity contribution < 1.29 is 18.7 Å². The van der Waals surface area contributed by atoms with Crippen molar-refractivity contribution in [3.05, 3.63) is 17.3 Å². The summed E-state index contributed by atoms with van der Waals surface area (Å²) in [5.41, 5.74) is -0.175. The zero-order valence-electron chi connectivity index (χ0n) is 15.1. The van der Waals surface area contributed by atoms with Crippen LogP contribution in [-0.4, -0.2) is 59.6 Å². The Morgan fingerprint density at radius 1 is 1.13 bits per heavy atom. The number of nitrogens with zero attached hydrogens (tertiary/aromatic N) is 3. The number of aryl methyl sites for hydroxylation is 2. The van der Waals surface area contributed by atoms with Gasteiger partial charge in [0, 0.05) is 34.1 Å². The average Bonchev–Trinajstić information content (AvgIpc) is 2.74. The number of hydrogen-bond donors (Lipinski definition) is 0. The third-order valence-electron chi connectivity index (χ3n) is 3.15. The third-order valence-corrected chi connectivity index (χ3v) is 3.15. The van der Waals surface area contributed by atoms with E-state index in [1.165, 1.54) is 4.90 Å². The highest BCUT2D eigenvalue weighted by molar-refractivity contribution is 5.93. The first-order valence-electron chi connectivity index (χ1n) is 7.65. The molecule has 130 valence electrons. The molecule has 1 rings (SSSR count). The van der Waals surface area contributed by atoms with Crippen molar-refractivity contribution in [2.24, 2.45) is 0 Å². The van der Waals surface area contributed by atoms with Crippen LogP contribution in [0.15, 0.2) is 4.42 Å². The number of aromatic nitrogens is 1. The molecule has 0 fully saturated rings. The summed E-state index contributed by atoms with van der Waals surface area (Å²) < 4.78 is 10.6. The van der Waals surface area contributed by atoms with Gasteiger partial charge in [0.1, 0.15) is 11.4 Å². The molecule has 0 spiro atoms. The topological polar surface area (TPSA) is 75.9 Å². The molecule has 0 aromatic carbocycles. The van der Waals surface area contributed by atoms with Gasteiger partial charge in [0.2, 0.25) is 0 Å². The maximum Gasteiger partial charge on any atom is 0.410 e. The molecule has 7 heteroatoms. The highest BCUT2D eigenvalue weighted by Crippen LogP contribution is 2.12. The summed E-state index contributed by atoms with van der Waals surface area (Å²) in [5.74, 6) is 0.813. The summed E-state index contributed by atoms with van der Waals surface area (Å²) in [6, 6.07) is 0. The fourth-order valence-corrected chi connectivity index (χ4v) is 1.99. The fraction of sp³-hybridized carbons (Fsp3) is 0.688. The first-order chi connectivity index (χ1) is 10.5. The molecular weight excluding hydrogens is 298 g/mol. The van der Waals surface area contributed by atoms with Gasteiger partial charge in [0.15, 0.2) is 11.6 Å². The lowest BCUT2D eigenvalue weighted by molar-refractivity contribution is 0.0294. The van der Waals surface area contributed by atoms with Crippen molar-refractivity contribution in [3.8, 4) is 0 Å². The van der Waals surface area contributed by atoms with Crippen LogP contribution in [0.25, 0.3) is 0 Å². The Kier molecular flexibility index (Phi) is 6.18. The molecule has 0 aliphatic carbocycles. The molecule has 0 unspecified atom stereocenters. The summed E-state index contributed by atoms with van der Waals surface area (Å²) in [4.78, 5) is 31.3. The Bertz CT molecular complexity index is 560. The van der Waals surface area contributed by atoms with Gasteiger partial charge in [0.05, 0.1) is 0 Å². The minimum Gasteiger partial charge on any atom is -0.445 e. The highest BCUT2D eigenvalue weighted by Gasteiger charge is 2.21. The van der Waals surface area contributed by atoms with Gasteiger partial charge in [-0.15, -0.1) is 0 Å². The highest BCUT2D eigenvalue weighted by atomic mass is 16.6. The Labute approximate surface area is 137 Å². The van der Waals surface area contributed by atoms with E-state index >= 15 is 0 Å². The molecule has 2 amide bonds. The van der Waals surface area contributed by atoms with Gasteiger partial charge < -0.3 is 19.0 Å². The summed E-state index contributed by atoms with van der Waals surface area (Å²) in [6.07, 6.45) is 0.280. The first-order valence-corrected chi connectivity index (χ1v) is 7.65. The van der Waals surface area contributed by atoms with Crippen LogP contribution in [0.5, 0.6) is 0 Å². The van der Waals surface area contributed by atoms with E-state index in [1.54, 1.807) is 32.8 Å². The van der Waals surface area contributed by atoms with Crippen LogP contribution in [-0.2, 0) is 4.74 Å². The van der Waals surface area contributed by atoms with E-state index in [9.17, 15) is 9.59 Å². The summed E-state index contributed by atoms with van der Waals surface area (Å²) in [6.45, 7) is 9.92. The average molecular weight is 325 g/mol. The summed E-state index contributed by atoms with van der Waals surface area (Å²) in [5, 5.41) is 0.